The molecule has 0 saturated carbocycles. The predicted octanol–water partition coefficient (Wildman–Crippen LogP) is 4.05. The van der Waals surface area contributed by atoms with Crippen LogP contribution in [0.25, 0.3) is 0 Å². The van der Waals surface area contributed by atoms with Gasteiger partial charge in [0.2, 0.25) is 15.9 Å². The fourth-order valence-corrected chi connectivity index (χ4v) is 4.36. The van der Waals surface area contributed by atoms with Gasteiger partial charge in [-0.25, -0.2) is 8.42 Å². The van der Waals surface area contributed by atoms with E-state index in [9.17, 15) is 26.4 Å². The van der Waals surface area contributed by atoms with E-state index in [0.29, 0.717) is 18.2 Å². The molecular weight excluding hydrogens is 393 g/mol. The zero-order chi connectivity index (χ0) is 20.9. The summed E-state index contributed by atoms with van der Waals surface area (Å²) in [5.41, 5.74) is 0.0376. The van der Waals surface area contributed by atoms with E-state index < -0.39 is 39.1 Å². The smallest absolute Gasteiger partial charge is 0.325 e. The number of nitrogens with one attached hydrogen (secondary N) is 1. The first kappa shape index (κ1) is 21.9. The van der Waals surface area contributed by atoms with E-state index in [0.717, 1.165) is 22.0 Å². The maximum absolute atomic E-state index is 13.3. The number of para-hydroxylation sites is 1. The fraction of sp³-hybridized carbons (Fsp3) is 0.316. The molecule has 9 heteroatoms. The summed E-state index contributed by atoms with van der Waals surface area (Å²) in [5.74, 6) is -0.629. The molecule has 0 heterocycles. The van der Waals surface area contributed by atoms with Crippen LogP contribution in [0.3, 0.4) is 0 Å². The van der Waals surface area contributed by atoms with Crippen LogP contribution < -0.4 is 5.32 Å². The Balaban J connectivity index is 2.33. The number of benzene rings is 2. The highest BCUT2D eigenvalue weighted by molar-refractivity contribution is 7.89. The Morgan fingerprint density at radius 3 is 2.29 bits per heavy atom. The van der Waals surface area contributed by atoms with Crippen molar-refractivity contribution in [2.45, 2.75) is 31.3 Å². The number of hydrogen-bond acceptors (Lipinski definition) is 3. The Morgan fingerprint density at radius 1 is 1.07 bits per heavy atom. The lowest BCUT2D eigenvalue weighted by atomic mass is 10.2. The van der Waals surface area contributed by atoms with E-state index in [4.69, 9.17) is 0 Å². The van der Waals surface area contributed by atoms with Crippen LogP contribution in [0.2, 0.25) is 0 Å². The maximum atomic E-state index is 13.3. The highest BCUT2D eigenvalue weighted by Gasteiger charge is 2.39. The zero-order valence-corrected chi connectivity index (χ0v) is 16.3. The van der Waals surface area contributed by atoms with Gasteiger partial charge >= 0.3 is 6.18 Å². The number of aryl methyl sites for hydroxylation is 1. The second-order valence-electron chi connectivity index (χ2n) is 6.20. The Kier molecular flexibility index (Phi) is 6.84. The minimum Gasteiger partial charge on any atom is -0.325 e. The first-order valence-corrected chi connectivity index (χ1v) is 10.0. The largest absolute Gasteiger partial charge is 0.417 e. The van der Waals surface area contributed by atoms with Gasteiger partial charge < -0.3 is 5.32 Å². The van der Waals surface area contributed by atoms with Crippen LogP contribution in [0.1, 0.15) is 24.5 Å². The van der Waals surface area contributed by atoms with Crippen molar-refractivity contribution >= 4 is 21.6 Å². The summed E-state index contributed by atoms with van der Waals surface area (Å²) in [5, 5.41) is 2.60. The van der Waals surface area contributed by atoms with Crippen LogP contribution in [0, 0.1) is 6.92 Å². The SMILES string of the molecule is CCCN(CC(=O)Nc1ccccc1C)S(=O)(=O)c1ccccc1C(F)(F)F. The molecule has 1 amide bonds. The normalized spacial score (nSPS) is 12.2. The molecule has 1 N–H and O–H groups in total. The zero-order valence-electron chi connectivity index (χ0n) is 15.5. The van der Waals surface area contributed by atoms with Crippen LogP contribution >= 0.6 is 0 Å². The van der Waals surface area contributed by atoms with Crippen molar-refractivity contribution in [2.24, 2.45) is 0 Å². The molecule has 5 nitrogen and oxygen atoms in total. The third-order valence-electron chi connectivity index (χ3n) is 4.02. The topological polar surface area (TPSA) is 66.5 Å². The third kappa shape index (κ3) is 5.11. The van der Waals surface area contributed by atoms with Crippen LogP contribution in [0.4, 0.5) is 18.9 Å². The van der Waals surface area contributed by atoms with E-state index in [1.807, 2.05) is 0 Å². The van der Waals surface area contributed by atoms with Crippen LogP contribution in [-0.2, 0) is 21.0 Å². The number of carbonyl (C=O) groups excluding carboxylic acids is 1. The Bertz CT molecular complexity index is 943. The number of rotatable bonds is 7. The minimum atomic E-state index is -4.83. The second kappa shape index (κ2) is 8.74. The second-order valence-corrected chi connectivity index (χ2v) is 8.10. The van der Waals surface area contributed by atoms with Crippen molar-refractivity contribution in [2.75, 3.05) is 18.4 Å². The lowest BCUT2D eigenvalue weighted by Gasteiger charge is -2.23. The van der Waals surface area contributed by atoms with Crippen LogP contribution in [-0.4, -0.2) is 31.7 Å². The average molecular weight is 414 g/mol. The van der Waals surface area contributed by atoms with E-state index >= 15 is 0 Å². The van der Waals surface area contributed by atoms with E-state index in [1.165, 1.54) is 6.07 Å². The molecule has 0 aliphatic carbocycles. The number of hydrogen-bond donors (Lipinski definition) is 1. The van der Waals surface area contributed by atoms with Crippen LogP contribution in [0.15, 0.2) is 53.4 Å². The van der Waals surface area contributed by atoms with Gasteiger partial charge in [-0.2, -0.15) is 17.5 Å². The monoisotopic (exact) mass is 414 g/mol. The average Bonchev–Trinajstić information content (AvgIpc) is 2.62. The number of halogens is 3. The molecule has 0 fully saturated rings. The number of carbonyl (C=O) groups is 1. The quantitative estimate of drug-likeness (QED) is 0.743. The third-order valence-corrected chi connectivity index (χ3v) is 5.93. The fourth-order valence-electron chi connectivity index (χ4n) is 2.66. The Morgan fingerprint density at radius 2 is 1.68 bits per heavy atom. The minimum absolute atomic E-state index is 0.0876. The molecule has 0 aromatic heterocycles. The first-order valence-electron chi connectivity index (χ1n) is 8.59. The lowest BCUT2D eigenvalue weighted by Crippen LogP contribution is -2.39. The predicted molar refractivity (Wildman–Crippen MR) is 100 cm³/mol. The van der Waals surface area contributed by atoms with Crippen molar-refractivity contribution < 1.29 is 26.4 Å². The van der Waals surface area contributed by atoms with Gasteiger partial charge in [0.1, 0.15) is 0 Å². The number of amides is 1. The summed E-state index contributed by atoms with van der Waals surface area (Å²) in [6, 6.07) is 10.9. The van der Waals surface area contributed by atoms with Crippen molar-refractivity contribution in [1.82, 2.24) is 4.31 Å². The molecule has 0 bridgehead atoms. The highest BCUT2D eigenvalue weighted by Crippen LogP contribution is 2.35. The van der Waals surface area contributed by atoms with E-state index in [1.54, 1.807) is 38.1 Å². The van der Waals surface area contributed by atoms with E-state index in [2.05, 4.69) is 5.32 Å². The van der Waals surface area contributed by atoms with E-state index in [-0.39, 0.29) is 6.54 Å². The molecule has 0 saturated heterocycles. The van der Waals surface area contributed by atoms with Crippen LogP contribution in [0.5, 0.6) is 0 Å². The van der Waals surface area contributed by atoms with Gasteiger partial charge in [0.25, 0.3) is 0 Å². The lowest BCUT2D eigenvalue weighted by molar-refractivity contribution is -0.139. The standard InChI is InChI=1S/C19H21F3N2O3S/c1-3-12-24(13-18(25)23-16-10-6-4-8-14(16)2)28(26,27)17-11-7-5-9-15(17)19(20,21)22/h4-11H,3,12-13H2,1-2H3,(H,23,25). The number of anilines is 1. The summed E-state index contributed by atoms with van der Waals surface area (Å²) < 4.78 is 66.3. The summed E-state index contributed by atoms with van der Waals surface area (Å²) in [7, 11) is -4.52. The summed E-state index contributed by atoms with van der Waals surface area (Å²) in [6.45, 7) is 2.78. The van der Waals surface area contributed by atoms with Gasteiger partial charge in [0.15, 0.2) is 0 Å². The molecule has 2 aromatic rings. The molecule has 2 rings (SSSR count). The van der Waals surface area contributed by atoms with Gasteiger partial charge in [-0.1, -0.05) is 37.3 Å². The molecule has 0 radical (unpaired) electrons. The van der Waals surface area contributed by atoms with Crippen molar-refractivity contribution in [3.63, 3.8) is 0 Å². The Labute approximate surface area is 162 Å². The summed E-state index contributed by atoms with van der Waals surface area (Å²) in [4.78, 5) is 11.5. The van der Waals surface area contributed by atoms with Gasteiger partial charge in [0, 0.05) is 12.2 Å². The summed E-state index contributed by atoms with van der Waals surface area (Å²) in [6.07, 6.45) is -4.49. The molecule has 0 aliphatic heterocycles. The summed E-state index contributed by atoms with van der Waals surface area (Å²) >= 11 is 0. The number of sulfonamides is 1. The van der Waals surface area contributed by atoms with Gasteiger partial charge in [-0.15, -0.1) is 0 Å². The first-order chi connectivity index (χ1) is 13.1. The molecular formula is C19H21F3N2O3S. The van der Waals surface area contributed by atoms with Crippen molar-refractivity contribution in [3.8, 4) is 0 Å². The molecule has 28 heavy (non-hydrogen) atoms. The molecule has 0 aliphatic rings. The molecule has 2 aromatic carbocycles. The van der Waals surface area contributed by atoms with Crippen molar-refractivity contribution in [1.29, 1.82) is 0 Å². The van der Waals surface area contributed by atoms with Gasteiger partial charge in [-0.3, -0.25) is 4.79 Å². The highest BCUT2D eigenvalue weighted by atomic mass is 32.2. The number of nitrogens with zero attached hydrogens (tertiary/aromatic N) is 1. The number of alkyl halides is 3. The van der Waals surface area contributed by atoms with Crippen molar-refractivity contribution in [3.05, 3.63) is 59.7 Å². The Hall–Kier alpha value is -2.39. The molecule has 152 valence electrons. The maximum Gasteiger partial charge on any atom is 0.417 e. The van der Waals surface area contributed by atoms with Gasteiger partial charge in [-0.05, 0) is 37.1 Å². The van der Waals surface area contributed by atoms with Gasteiger partial charge in [0.05, 0.1) is 17.0 Å². The molecule has 0 unspecified atom stereocenters. The molecule has 0 spiro atoms. The molecule has 0 atom stereocenters.